The highest BCUT2D eigenvalue weighted by molar-refractivity contribution is 5.85. The third-order valence-electron chi connectivity index (χ3n) is 2.38. The summed E-state index contributed by atoms with van der Waals surface area (Å²) in [6, 6.07) is 0. The molecular formula is C9H19N3O2. The Morgan fingerprint density at radius 2 is 1.93 bits per heavy atom. The van der Waals surface area contributed by atoms with E-state index in [4.69, 9.17) is 5.73 Å². The molecule has 14 heavy (non-hydrogen) atoms. The molecule has 5 heteroatoms. The molecule has 0 aromatic heterocycles. The van der Waals surface area contributed by atoms with Crippen LogP contribution in [-0.4, -0.2) is 42.9 Å². The van der Waals surface area contributed by atoms with Crippen molar-refractivity contribution in [2.24, 2.45) is 5.73 Å². The minimum absolute atomic E-state index is 0.0778. The number of nitrogens with one attached hydrogen (secondary N) is 1. The van der Waals surface area contributed by atoms with Crippen molar-refractivity contribution in [3.63, 3.8) is 0 Å². The molecule has 0 aromatic rings. The van der Waals surface area contributed by atoms with E-state index in [-0.39, 0.29) is 12.5 Å². The molecule has 0 heterocycles. The van der Waals surface area contributed by atoms with Gasteiger partial charge in [-0.2, -0.15) is 0 Å². The molecule has 0 fully saturated rings. The highest BCUT2D eigenvalue weighted by Gasteiger charge is 2.28. The van der Waals surface area contributed by atoms with Gasteiger partial charge in [-0.15, -0.1) is 0 Å². The molecule has 0 bridgehead atoms. The number of rotatable bonds is 5. The molecular weight excluding hydrogens is 182 g/mol. The largest absolute Gasteiger partial charge is 0.368 e. The van der Waals surface area contributed by atoms with Crippen LogP contribution in [0.15, 0.2) is 0 Å². The molecule has 0 radical (unpaired) electrons. The molecule has 0 spiro atoms. The fourth-order valence-electron chi connectivity index (χ4n) is 0.815. The van der Waals surface area contributed by atoms with E-state index in [1.165, 1.54) is 4.90 Å². The van der Waals surface area contributed by atoms with Crippen LogP contribution in [0.3, 0.4) is 0 Å². The molecule has 2 amide bonds. The van der Waals surface area contributed by atoms with Gasteiger partial charge in [0, 0.05) is 14.1 Å². The topological polar surface area (TPSA) is 75.4 Å². The van der Waals surface area contributed by atoms with Gasteiger partial charge >= 0.3 is 0 Å². The van der Waals surface area contributed by atoms with Crippen LogP contribution in [0.2, 0.25) is 0 Å². The lowest BCUT2D eigenvalue weighted by Crippen LogP contribution is -2.55. The maximum Gasteiger partial charge on any atom is 0.237 e. The molecule has 0 aliphatic rings. The number of amides is 2. The first-order chi connectivity index (χ1) is 6.33. The number of nitrogens with zero attached hydrogens (tertiary/aromatic N) is 1. The fraction of sp³-hybridized carbons (Fsp3) is 0.778. The summed E-state index contributed by atoms with van der Waals surface area (Å²) in [5.41, 5.74) is 4.42. The Kier molecular flexibility index (Phi) is 4.56. The molecule has 0 saturated heterocycles. The normalized spacial score (nSPS) is 14.6. The van der Waals surface area contributed by atoms with Crippen LogP contribution in [0.25, 0.3) is 0 Å². The lowest BCUT2D eigenvalue weighted by Gasteiger charge is -2.26. The molecule has 0 aliphatic heterocycles. The van der Waals surface area contributed by atoms with Crippen molar-refractivity contribution in [3.8, 4) is 0 Å². The highest BCUT2D eigenvalue weighted by atomic mass is 16.2. The van der Waals surface area contributed by atoms with Gasteiger partial charge in [-0.1, -0.05) is 6.92 Å². The van der Waals surface area contributed by atoms with E-state index < -0.39 is 11.4 Å². The van der Waals surface area contributed by atoms with Gasteiger partial charge in [-0.25, -0.2) is 0 Å². The summed E-state index contributed by atoms with van der Waals surface area (Å²) in [5, 5.41) is 2.86. The maximum absolute atomic E-state index is 11.2. The zero-order valence-corrected chi connectivity index (χ0v) is 9.26. The summed E-state index contributed by atoms with van der Waals surface area (Å²) in [6.07, 6.45) is 0.559. The second-order valence-electron chi connectivity index (χ2n) is 3.69. The number of carbonyl (C=O) groups is 2. The maximum atomic E-state index is 11.2. The summed E-state index contributed by atoms with van der Waals surface area (Å²) < 4.78 is 0. The Balaban J connectivity index is 4.22. The van der Waals surface area contributed by atoms with Crippen molar-refractivity contribution in [2.75, 3.05) is 20.6 Å². The van der Waals surface area contributed by atoms with Crippen LogP contribution in [0, 0.1) is 0 Å². The van der Waals surface area contributed by atoms with Gasteiger partial charge in [0.25, 0.3) is 0 Å². The van der Waals surface area contributed by atoms with Gasteiger partial charge in [-0.3, -0.25) is 14.9 Å². The summed E-state index contributed by atoms with van der Waals surface area (Å²) in [5.74, 6) is -0.516. The average molecular weight is 201 g/mol. The SMILES string of the molecule is CC[C@@](C)(NCC(=O)N(C)C)C(N)=O. The number of hydrogen-bond acceptors (Lipinski definition) is 3. The smallest absolute Gasteiger partial charge is 0.237 e. The van der Waals surface area contributed by atoms with Crippen molar-refractivity contribution in [1.29, 1.82) is 0 Å². The van der Waals surface area contributed by atoms with Gasteiger partial charge in [0.15, 0.2) is 0 Å². The highest BCUT2D eigenvalue weighted by Crippen LogP contribution is 2.07. The van der Waals surface area contributed by atoms with Crippen LogP contribution in [-0.2, 0) is 9.59 Å². The van der Waals surface area contributed by atoms with Gasteiger partial charge < -0.3 is 10.6 Å². The fourth-order valence-corrected chi connectivity index (χ4v) is 0.815. The van der Waals surface area contributed by atoms with Crippen LogP contribution in [0.5, 0.6) is 0 Å². The second kappa shape index (κ2) is 4.95. The first kappa shape index (κ1) is 12.9. The van der Waals surface area contributed by atoms with E-state index >= 15 is 0 Å². The molecule has 0 saturated carbocycles. The van der Waals surface area contributed by atoms with Crippen LogP contribution >= 0.6 is 0 Å². The zero-order chi connectivity index (χ0) is 11.4. The summed E-state index contributed by atoms with van der Waals surface area (Å²) in [4.78, 5) is 23.8. The average Bonchev–Trinajstić information content (AvgIpc) is 2.12. The van der Waals surface area contributed by atoms with Crippen molar-refractivity contribution >= 4 is 11.8 Å². The van der Waals surface area contributed by atoms with Gasteiger partial charge in [0.2, 0.25) is 11.8 Å². The first-order valence-electron chi connectivity index (χ1n) is 4.58. The Morgan fingerprint density at radius 3 is 2.21 bits per heavy atom. The second-order valence-corrected chi connectivity index (χ2v) is 3.69. The quantitative estimate of drug-likeness (QED) is 0.618. The Morgan fingerprint density at radius 1 is 1.43 bits per heavy atom. The van der Waals surface area contributed by atoms with E-state index in [1.54, 1.807) is 21.0 Å². The molecule has 1 atom stereocenters. The van der Waals surface area contributed by atoms with Crippen molar-refractivity contribution < 1.29 is 9.59 Å². The lowest BCUT2D eigenvalue weighted by molar-refractivity contribution is -0.129. The summed E-state index contributed by atoms with van der Waals surface area (Å²) in [6.45, 7) is 3.66. The molecule has 82 valence electrons. The Labute approximate surface area is 84.6 Å². The lowest BCUT2D eigenvalue weighted by atomic mass is 9.98. The van der Waals surface area contributed by atoms with E-state index in [0.717, 1.165) is 0 Å². The van der Waals surface area contributed by atoms with E-state index in [9.17, 15) is 9.59 Å². The zero-order valence-electron chi connectivity index (χ0n) is 9.26. The number of hydrogen-bond donors (Lipinski definition) is 2. The number of primary amides is 1. The van der Waals surface area contributed by atoms with E-state index in [0.29, 0.717) is 6.42 Å². The number of carbonyl (C=O) groups excluding carboxylic acids is 2. The van der Waals surface area contributed by atoms with E-state index in [2.05, 4.69) is 5.32 Å². The molecule has 5 nitrogen and oxygen atoms in total. The van der Waals surface area contributed by atoms with Gasteiger partial charge in [0.05, 0.1) is 12.1 Å². The van der Waals surface area contributed by atoms with Gasteiger partial charge in [0.1, 0.15) is 0 Å². The Hall–Kier alpha value is -1.10. The molecule has 3 N–H and O–H groups in total. The monoisotopic (exact) mass is 201 g/mol. The van der Waals surface area contributed by atoms with Crippen molar-refractivity contribution in [1.82, 2.24) is 10.2 Å². The minimum atomic E-state index is -0.800. The third kappa shape index (κ3) is 3.33. The third-order valence-corrected chi connectivity index (χ3v) is 2.38. The predicted octanol–water partition coefficient (Wildman–Crippen LogP) is -0.682. The van der Waals surface area contributed by atoms with Crippen molar-refractivity contribution in [3.05, 3.63) is 0 Å². The number of nitrogens with two attached hydrogens (primary N) is 1. The summed E-state index contributed by atoms with van der Waals surface area (Å²) in [7, 11) is 3.33. The molecule has 0 unspecified atom stereocenters. The summed E-state index contributed by atoms with van der Waals surface area (Å²) >= 11 is 0. The van der Waals surface area contributed by atoms with Crippen molar-refractivity contribution in [2.45, 2.75) is 25.8 Å². The van der Waals surface area contributed by atoms with Gasteiger partial charge in [-0.05, 0) is 13.3 Å². The molecule has 0 aromatic carbocycles. The molecule has 0 aliphatic carbocycles. The van der Waals surface area contributed by atoms with Crippen LogP contribution < -0.4 is 11.1 Å². The minimum Gasteiger partial charge on any atom is -0.368 e. The predicted molar refractivity (Wildman–Crippen MR) is 54.6 cm³/mol. The standard InChI is InChI=1S/C9H19N3O2/c1-5-9(2,8(10)14)11-6-7(13)12(3)4/h11H,5-6H2,1-4H3,(H2,10,14)/t9-/m1/s1. The Bertz CT molecular complexity index is 228. The molecule has 0 rings (SSSR count). The van der Waals surface area contributed by atoms with E-state index in [1.807, 2.05) is 6.92 Å². The number of likely N-dealkylation sites (N-methyl/N-ethyl adjacent to an activating group) is 1. The van der Waals surface area contributed by atoms with Crippen LogP contribution in [0.1, 0.15) is 20.3 Å². The van der Waals surface area contributed by atoms with Crippen LogP contribution in [0.4, 0.5) is 0 Å². The first-order valence-corrected chi connectivity index (χ1v) is 4.58.